The van der Waals surface area contributed by atoms with Crippen molar-refractivity contribution in [2.24, 2.45) is 0 Å². The molecule has 8 heteroatoms. The SMILES string of the molecule is Cc1cc(C(=O)NCc2cccnc2-n2ccnc2)c2cnn(C(C)C)c2n1. The van der Waals surface area contributed by atoms with Crippen LogP contribution >= 0.6 is 0 Å². The third kappa shape index (κ3) is 3.24. The van der Waals surface area contributed by atoms with E-state index in [0.717, 1.165) is 28.1 Å². The molecule has 0 aliphatic heterocycles. The molecule has 0 fully saturated rings. The Kier molecular flexibility index (Phi) is 4.60. The van der Waals surface area contributed by atoms with Crippen LogP contribution in [-0.4, -0.2) is 35.2 Å². The van der Waals surface area contributed by atoms with Crippen molar-refractivity contribution >= 4 is 16.9 Å². The number of hydrogen-bond donors (Lipinski definition) is 1. The second-order valence-corrected chi connectivity index (χ2v) is 6.87. The van der Waals surface area contributed by atoms with E-state index in [0.29, 0.717) is 12.1 Å². The minimum Gasteiger partial charge on any atom is -0.348 e. The van der Waals surface area contributed by atoms with E-state index in [2.05, 4.69) is 25.4 Å². The molecule has 4 aromatic rings. The average molecular weight is 375 g/mol. The van der Waals surface area contributed by atoms with Gasteiger partial charge in [-0.25, -0.2) is 19.6 Å². The Hall–Kier alpha value is -3.55. The van der Waals surface area contributed by atoms with E-state index in [1.54, 1.807) is 31.0 Å². The molecule has 1 N–H and O–H groups in total. The van der Waals surface area contributed by atoms with Crippen LogP contribution < -0.4 is 5.32 Å². The van der Waals surface area contributed by atoms with Crippen molar-refractivity contribution in [1.29, 1.82) is 0 Å². The fourth-order valence-corrected chi connectivity index (χ4v) is 3.16. The van der Waals surface area contributed by atoms with Gasteiger partial charge in [0.1, 0.15) is 12.1 Å². The highest BCUT2D eigenvalue weighted by atomic mass is 16.1. The van der Waals surface area contributed by atoms with Crippen molar-refractivity contribution < 1.29 is 4.79 Å². The maximum Gasteiger partial charge on any atom is 0.252 e. The van der Waals surface area contributed by atoms with Crippen LogP contribution in [0.3, 0.4) is 0 Å². The quantitative estimate of drug-likeness (QED) is 0.579. The van der Waals surface area contributed by atoms with E-state index < -0.39 is 0 Å². The first-order valence-corrected chi connectivity index (χ1v) is 9.10. The lowest BCUT2D eigenvalue weighted by Gasteiger charge is -2.11. The summed E-state index contributed by atoms with van der Waals surface area (Å²) in [5.41, 5.74) is 2.97. The van der Waals surface area contributed by atoms with E-state index in [4.69, 9.17) is 0 Å². The lowest BCUT2D eigenvalue weighted by Crippen LogP contribution is -2.24. The van der Waals surface area contributed by atoms with Crippen LogP contribution in [0, 0.1) is 6.92 Å². The van der Waals surface area contributed by atoms with Crippen molar-refractivity contribution in [3.8, 4) is 5.82 Å². The largest absolute Gasteiger partial charge is 0.348 e. The Morgan fingerprint density at radius 3 is 2.89 bits per heavy atom. The zero-order chi connectivity index (χ0) is 19.7. The molecule has 0 atom stereocenters. The Bertz CT molecular complexity index is 1130. The zero-order valence-electron chi connectivity index (χ0n) is 16.0. The summed E-state index contributed by atoms with van der Waals surface area (Å²) in [5.74, 6) is 0.572. The monoisotopic (exact) mass is 375 g/mol. The summed E-state index contributed by atoms with van der Waals surface area (Å²) in [7, 11) is 0. The van der Waals surface area contributed by atoms with Crippen LogP contribution in [0.15, 0.2) is 49.3 Å². The maximum absolute atomic E-state index is 12.9. The average Bonchev–Trinajstić information content (AvgIpc) is 3.35. The summed E-state index contributed by atoms with van der Waals surface area (Å²) in [6, 6.07) is 5.75. The van der Waals surface area contributed by atoms with Crippen LogP contribution in [0.5, 0.6) is 0 Å². The van der Waals surface area contributed by atoms with Crippen LogP contribution in [0.2, 0.25) is 0 Å². The number of nitrogens with one attached hydrogen (secondary N) is 1. The van der Waals surface area contributed by atoms with Crippen LogP contribution in [-0.2, 0) is 6.54 Å². The van der Waals surface area contributed by atoms with Crippen LogP contribution in [0.4, 0.5) is 0 Å². The highest BCUT2D eigenvalue weighted by Gasteiger charge is 2.17. The fraction of sp³-hybridized carbons (Fsp3) is 0.250. The summed E-state index contributed by atoms with van der Waals surface area (Å²) in [6.45, 7) is 6.31. The molecule has 0 spiro atoms. The minimum absolute atomic E-state index is 0.163. The van der Waals surface area contributed by atoms with Gasteiger partial charge >= 0.3 is 0 Å². The predicted molar refractivity (Wildman–Crippen MR) is 105 cm³/mol. The standard InChI is InChI=1S/C20H21N7O/c1-13(2)27-19-17(11-24-27)16(9-14(3)25-19)20(28)23-10-15-5-4-6-22-18(15)26-8-7-21-12-26/h4-9,11-13H,10H2,1-3H3,(H,23,28). The van der Waals surface area contributed by atoms with Crippen LogP contribution in [0.1, 0.15) is 41.5 Å². The van der Waals surface area contributed by atoms with Gasteiger partial charge in [0, 0.05) is 42.4 Å². The van der Waals surface area contributed by atoms with Crippen molar-refractivity contribution in [1.82, 2.24) is 34.6 Å². The lowest BCUT2D eigenvalue weighted by atomic mass is 10.1. The van der Waals surface area contributed by atoms with E-state index in [-0.39, 0.29) is 11.9 Å². The molecule has 28 heavy (non-hydrogen) atoms. The molecule has 0 bridgehead atoms. The van der Waals surface area contributed by atoms with Crippen molar-refractivity contribution in [2.45, 2.75) is 33.4 Å². The molecule has 0 saturated heterocycles. The molecule has 4 aromatic heterocycles. The summed E-state index contributed by atoms with van der Waals surface area (Å²) >= 11 is 0. The molecular weight excluding hydrogens is 354 g/mol. The number of amides is 1. The fourth-order valence-electron chi connectivity index (χ4n) is 3.16. The Morgan fingerprint density at radius 1 is 1.29 bits per heavy atom. The number of pyridine rings is 2. The van der Waals surface area contributed by atoms with E-state index in [1.807, 2.05) is 48.3 Å². The molecule has 1 amide bonds. The molecule has 142 valence electrons. The van der Waals surface area contributed by atoms with Gasteiger partial charge in [-0.05, 0) is 32.9 Å². The second kappa shape index (κ2) is 7.22. The normalized spacial score (nSPS) is 11.3. The molecule has 4 rings (SSSR count). The number of nitrogens with zero attached hydrogens (tertiary/aromatic N) is 6. The lowest BCUT2D eigenvalue weighted by molar-refractivity contribution is 0.0952. The number of hydrogen-bond acceptors (Lipinski definition) is 5. The highest BCUT2D eigenvalue weighted by molar-refractivity contribution is 6.05. The Morgan fingerprint density at radius 2 is 2.14 bits per heavy atom. The molecular formula is C20H21N7O. The summed E-state index contributed by atoms with van der Waals surface area (Å²) in [4.78, 5) is 26.0. The molecule has 0 radical (unpaired) electrons. The van der Waals surface area contributed by atoms with Crippen LogP contribution in [0.25, 0.3) is 16.9 Å². The molecule has 0 aliphatic rings. The van der Waals surface area contributed by atoms with Gasteiger partial charge < -0.3 is 5.32 Å². The number of carbonyl (C=O) groups is 1. The number of carbonyl (C=O) groups excluding carboxylic acids is 1. The third-order valence-electron chi connectivity index (χ3n) is 4.48. The first-order chi connectivity index (χ1) is 13.5. The Labute approximate surface area is 162 Å². The van der Waals surface area contributed by atoms with Crippen molar-refractivity contribution in [3.05, 3.63) is 66.1 Å². The van der Waals surface area contributed by atoms with Gasteiger partial charge in [0.25, 0.3) is 5.91 Å². The van der Waals surface area contributed by atoms with Crippen molar-refractivity contribution in [3.63, 3.8) is 0 Å². The summed E-state index contributed by atoms with van der Waals surface area (Å²) in [5, 5.41) is 8.14. The second-order valence-electron chi connectivity index (χ2n) is 6.87. The summed E-state index contributed by atoms with van der Waals surface area (Å²) in [6.07, 6.45) is 8.63. The first-order valence-electron chi connectivity index (χ1n) is 9.10. The molecule has 4 heterocycles. The highest BCUT2D eigenvalue weighted by Crippen LogP contribution is 2.21. The van der Waals surface area contributed by atoms with Gasteiger partial charge in [-0.3, -0.25) is 9.36 Å². The molecule has 0 saturated carbocycles. The smallest absolute Gasteiger partial charge is 0.252 e. The van der Waals surface area contributed by atoms with Gasteiger partial charge in [-0.2, -0.15) is 5.10 Å². The maximum atomic E-state index is 12.9. The number of fused-ring (bicyclic) bond motifs is 1. The molecule has 0 aliphatic carbocycles. The number of rotatable bonds is 5. The number of aromatic nitrogens is 6. The summed E-state index contributed by atoms with van der Waals surface area (Å²) < 4.78 is 3.65. The number of imidazole rings is 1. The minimum atomic E-state index is -0.167. The van der Waals surface area contributed by atoms with Gasteiger partial charge in [0.2, 0.25) is 0 Å². The molecule has 0 aromatic carbocycles. The zero-order valence-corrected chi connectivity index (χ0v) is 16.0. The van der Waals surface area contributed by atoms with Gasteiger partial charge in [0.15, 0.2) is 5.65 Å². The molecule has 0 unspecified atom stereocenters. The van der Waals surface area contributed by atoms with Gasteiger partial charge in [0.05, 0.1) is 17.1 Å². The molecule has 8 nitrogen and oxygen atoms in total. The third-order valence-corrected chi connectivity index (χ3v) is 4.48. The predicted octanol–water partition coefficient (Wildman–Crippen LogP) is 2.83. The van der Waals surface area contributed by atoms with E-state index >= 15 is 0 Å². The Balaban J connectivity index is 1.62. The van der Waals surface area contributed by atoms with Gasteiger partial charge in [-0.15, -0.1) is 0 Å². The topological polar surface area (TPSA) is 90.5 Å². The van der Waals surface area contributed by atoms with E-state index in [9.17, 15) is 4.79 Å². The van der Waals surface area contributed by atoms with E-state index in [1.165, 1.54) is 0 Å². The number of aryl methyl sites for hydroxylation is 1. The van der Waals surface area contributed by atoms with Crippen molar-refractivity contribution in [2.75, 3.05) is 0 Å². The van der Waals surface area contributed by atoms with Gasteiger partial charge in [-0.1, -0.05) is 6.07 Å². The first kappa shape index (κ1) is 17.8.